The minimum Gasteiger partial charge on any atom is -0.480 e. The van der Waals surface area contributed by atoms with Gasteiger partial charge in [0, 0.05) is 5.92 Å². The number of ether oxygens (including phenoxy) is 1. The number of alkyl carbamates (subject to hydrolysis) is 1. The van der Waals surface area contributed by atoms with Crippen molar-refractivity contribution in [3.63, 3.8) is 0 Å². The van der Waals surface area contributed by atoms with Gasteiger partial charge in [-0.1, -0.05) is 54.5 Å². The number of hydrogen-bond acceptors (Lipinski definition) is 4. The maximum absolute atomic E-state index is 13.1. The number of carbonyl (C=O) groups excluding carboxylic acids is 2. The van der Waals surface area contributed by atoms with E-state index in [9.17, 15) is 14.4 Å². The number of fused-ring (bicyclic) bond motifs is 3. The fourth-order valence-electron chi connectivity index (χ4n) is 4.18. The number of amides is 2. The molecule has 1 aliphatic carbocycles. The maximum atomic E-state index is 13.1. The Kier molecular flexibility index (Phi) is 7.01. The fourth-order valence-corrected chi connectivity index (χ4v) is 4.18. The lowest BCUT2D eigenvalue weighted by Crippen LogP contribution is -2.60. The first-order valence-corrected chi connectivity index (χ1v) is 11.1. The van der Waals surface area contributed by atoms with Gasteiger partial charge in [0.25, 0.3) is 0 Å². The molecule has 2 aromatic carbocycles. The van der Waals surface area contributed by atoms with E-state index in [2.05, 4.69) is 23.4 Å². The summed E-state index contributed by atoms with van der Waals surface area (Å²) < 4.78 is 5.62. The molecule has 0 atom stereocenters. The van der Waals surface area contributed by atoms with Crippen LogP contribution >= 0.6 is 0 Å². The number of terminal acetylenes is 1. The van der Waals surface area contributed by atoms with Gasteiger partial charge in [0.2, 0.25) is 5.91 Å². The monoisotopic (exact) mass is 462 g/mol. The second-order valence-electron chi connectivity index (χ2n) is 9.46. The summed E-state index contributed by atoms with van der Waals surface area (Å²) in [6, 6.07) is 16.1. The summed E-state index contributed by atoms with van der Waals surface area (Å²) in [7, 11) is 0. The van der Waals surface area contributed by atoms with Gasteiger partial charge in [-0.15, -0.1) is 6.42 Å². The van der Waals surface area contributed by atoms with Crippen molar-refractivity contribution in [3.05, 3.63) is 59.7 Å². The van der Waals surface area contributed by atoms with E-state index in [1.54, 1.807) is 27.7 Å². The molecule has 2 amide bonds. The van der Waals surface area contributed by atoms with Gasteiger partial charge in [-0.3, -0.25) is 9.59 Å². The van der Waals surface area contributed by atoms with Crippen LogP contribution in [0.2, 0.25) is 0 Å². The van der Waals surface area contributed by atoms with Gasteiger partial charge in [-0.25, -0.2) is 4.79 Å². The molecule has 3 rings (SSSR count). The number of rotatable bonds is 8. The molecule has 0 radical (unpaired) electrons. The molecule has 7 nitrogen and oxygen atoms in total. The van der Waals surface area contributed by atoms with Crippen molar-refractivity contribution in [2.24, 2.45) is 5.41 Å². The Morgan fingerprint density at radius 1 is 1.03 bits per heavy atom. The third-order valence-corrected chi connectivity index (χ3v) is 6.75. The molecule has 7 heteroatoms. The van der Waals surface area contributed by atoms with Crippen molar-refractivity contribution in [1.29, 1.82) is 0 Å². The van der Waals surface area contributed by atoms with Gasteiger partial charge in [0.05, 0.1) is 17.5 Å². The van der Waals surface area contributed by atoms with E-state index in [-0.39, 0.29) is 19.1 Å². The second-order valence-corrected chi connectivity index (χ2v) is 9.46. The average molecular weight is 463 g/mol. The molecule has 178 valence electrons. The van der Waals surface area contributed by atoms with E-state index < -0.39 is 35.5 Å². The van der Waals surface area contributed by atoms with Crippen LogP contribution in [0, 0.1) is 17.8 Å². The first kappa shape index (κ1) is 24.8. The average Bonchev–Trinajstić information content (AvgIpc) is 3.10. The summed E-state index contributed by atoms with van der Waals surface area (Å²) in [6.45, 7) is 6.16. The molecule has 1 aliphatic rings. The lowest BCUT2D eigenvalue weighted by Gasteiger charge is -2.42. The van der Waals surface area contributed by atoms with Gasteiger partial charge in [0.1, 0.15) is 13.2 Å². The molecule has 0 spiro atoms. The Hall–Kier alpha value is -3.79. The zero-order valence-electron chi connectivity index (χ0n) is 19.9. The summed E-state index contributed by atoms with van der Waals surface area (Å²) in [4.78, 5) is 38.2. The smallest absolute Gasteiger partial charge is 0.407 e. The van der Waals surface area contributed by atoms with Crippen LogP contribution in [0.15, 0.2) is 48.5 Å². The summed E-state index contributed by atoms with van der Waals surface area (Å²) in [6.07, 6.45) is 4.66. The Bertz CT molecular complexity index is 1100. The summed E-state index contributed by atoms with van der Waals surface area (Å²) in [5.41, 5.74) is 2.25. The molecule has 2 aromatic rings. The van der Waals surface area contributed by atoms with E-state index in [1.807, 2.05) is 36.4 Å². The van der Waals surface area contributed by atoms with Crippen LogP contribution in [-0.2, 0) is 14.3 Å². The molecular weight excluding hydrogens is 432 g/mol. The molecule has 0 heterocycles. The van der Waals surface area contributed by atoms with Crippen molar-refractivity contribution < 1.29 is 24.2 Å². The van der Waals surface area contributed by atoms with Crippen molar-refractivity contribution >= 4 is 18.0 Å². The lowest BCUT2D eigenvalue weighted by molar-refractivity contribution is -0.150. The van der Waals surface area contributed by atoms with Crippen LogP contribution < -0.4 is 5.32 Å². The third kappa shape index (κ3) is 4.76. The van der Waals surface area contributed by atoms with E-state index >= 15 is 0 Å². The van der Waals surface area contributed by atoms with Crippen molar-refractivity contribution in [3.8, 4) is 23.5 Å². The molecule has 2 N–H and O–H groups in total. The molecule has 0 saturated heterocycles. The lowest BCUT2D eigenvalue weighted by atomic mass is 9.73. The second kappa shape index (κ2) is 9.60. The largest absolute Gasteiger partial charge is 0.480 e. The van der Waals surface area contributed by atoms with Crippen LogP contribution in [0.3, 0.4) is 0 Å². The summed E-state index contributed by atoms with van der Waals surface area (Å²) >= 11 is 0. The topological polar surface area (TPSA) is 95.9 Å². The highest BCUT2D eigenvalue weighted by molar-refractivity contribution is 5.87. The normalized spacial score (nSPS) is 12.8. The van der Waals surface area contributed by atoms with E-state index in [1.165, 1.54) is 0 Å². The zero-order chi connectivity index (χ0) is 25.1. The van der Waals surface area contributed by atoms with Gasteiger partial charge < -0.3 is 20.1 Å². The molecule has 0 saturated carbocycles. The summed E-state index contributed by atoms with van der Waals surface area (Å²) in [5, 5.41) is 11.9. The first-order chi connectivity index (χ1) is 16.0. The number of nitrogens with one attached hydrogen (secondary N) is 1. The quantitative estimate of drug-likeness (QED) is 0.581. The molecular formula is C27H30N2O5. The van der Waals surface area contributed by atoms with Gasteiger partial charge in [-0.05, 0) is 49.9 Å². The molecule has 0 unspecified atom stereocenters. The number of carbonyl (C=O) groups is 3. The minimum absolute atomic E-state index is 0.0856. The zero-order valence-corrected chi connectivity index (χ0v) is 19.9. The van der Waals surface area contributed by atoms with E-state index in [4.69, 9.17) is 16.3 Å². The van der Waals surface area contributed by atoms with Gasteiger partial charge in [-0.2, -0.15) is 0 Å². The third-order valence-electron chi connectivity index (χ3n) is 6.75. The Morgan fingerprint density at radius 3 is 2.06 bits per heavy atom. The number of aliphatic carboxylic acids is 1. The van der Waals surface area contributed by atoms with Crippen molar-refractivity contribution in [2.45, 2.75) is 39.2 Å². The Balaban J connectivity index is 1.71. The van der Waals surface area contributed by atoms with Crippen LogP contribution in [0.4, 0.5) is 4.79 Å². The highest BCUT2D eigenvalue weighted by Crippen LogP contribution is 2.44. The number of carboxylic acid groups (broad SMARTS) is 1. The standard InChI is InChI=1S/C27H30N2O5/c1-6-15-29(16-23(30)31)24(32)26(2,3)27(4,5)28-25(33)34-17-22-20-13-9-7-11-18(20)19-12-8-10-14-21(19)22/h1,7-14,22H,15-17H2,2-5H3,(H,28,33)(H,30,31). The molecule has 0 aliphatic heterocycles. The van der Waals surface area contributed by atoms with Gasteiger partial charge >= 0.3 is 12.1 Å². The SMILES string of the molecule is C#CCN(CC(=O)O)C(=O)C(C)(C)C(C)(C)NC(=O)OCC1c2ccccc2-c2ccccc21. The Morgan fingerprint density at radius 2 is 1.56 bits per heavy atom. The Labute approximate surface area is 200 Å². The highest BCUT2D eigenvalue weighted by atomic mass is 16.5. The van der Waals surface area contributed by atoms with Crippen molar-refractivity contribution in [1.82, 2.24) is 10.2 Å². The number of nitrogens with zero attached hydrogens (tertiary/aromatic N) is 1. The number of hydrogen-bond donors (Lipinski definition) is 2. The van der Waals surface area contributed by atoms with Crippen molar-refractivity contribution in [2.75, 3.05) is 19.7 Å². The highest BCUT2D eigenvalue weighted by Gasteiger charge is 2.47. The first-order valence-electron chi connectivity index (χ1n) is 11.1. The maximum Gasteiger partial charge on any atom is 0.407 e. The minimum atomic E-state index is -1.17. The predicted molar refractivity (Wildman–Crippen MR) is 129 cm³/mol. The molecule has 0 bridgehead atoms. The van der Waals surface area contributed by atoms with E-state index in [0.717, 1.165) is 27.2 Å². The van der Waals surface area contributed by atoms with E-state index in [0.29, 0.717) is 0 Å². The van der Waals surface area contributed by atoms with Gasteiger partial charge in [0.15, 0.2) is 0 Å². The molecule has 34 heavy (non-hydrogen) atoms. The van der Waals surface area contributed by atoms with Crippen LogP contribution in [0.1, 0.15) is 44.7 Å². The molecule has 0 aromatic heterocycles. The number of carboxylic acids is 1. The van der Waals surface area contributed by atoms with Crippen LogP contribution in [0.25, 0.3) is 11.1 Å². The fraction of sp³-hybridized carbons (Fsp3) is 0.370. The predicted octanol–water partition coefficient (Wildman–Crippen LogP) is 3.88. The van der Waals surface area contributed by atoms with Crippen LogP contribution in [0.5, 0.6) is 0 Å². The number of benzene rings is 2. The molecule has 0 fully saturated rings. The van der Waals surface area contributed by atoms with Crippen LogP contribution in [-0.4, -0.2) is 53.2 Å². The summed E-state index contributed by atoms with van der Waals surface area (Å²) in [5.74, 6) is 0.590.